The highest BCUT2D eigenvalue weighted by molar-refractivity contribution is 5.03. The lowest BCUT2D eigenvalue weighted by Crippen LogP contribution is -2.37. The van der Waals surface area contributed by atoms with Gasteiger partial charge in [-0.2, -0.15) is 5.26 Å². The van der Waals surface area contributed by atoms with Gasteiger partial charge in [0.2, 0.25) is 0 Å². The van der Waals surface area contributed by atoms with Gasteiger partial charge in [-0.1, -0.05) is 6.92 Å². The van der Waals surface area contributed by atoms with Gasteiger partial charge in [-0.3, -0.25) is 0 Å². The Bertz CT molecular complexity index is 153. The predicted octanol–water partition coefficient (Wildman–Crippen LogP) is 1.43. The van der Waals surface area contributed by atoms with Crippen LogP contribution in [-0.4, -0.2) is 18.8 Å². The van der Waals surface area contributed by atoms with Crippen LogP contribution in [0.3, 0.4) is 0 Å². The van der Waals surface area contributed by atoms with E-state index in [0.717, 1.165) is 19.4 Å². The van der Waals surface area contributed by atoms with Gasteiger partial charge in [0, 0.05) is 13.2 Å². The third kappa shape index (κ3) is 4.32. The number of nitriles is 1. The zero-order valence-electron chi connectivity index (χ0n) is 7.97. The summed E-state index contributed by atoms with van der Waals surface area (Å²) in [5.74, 6) is 0. The van der Waals surface area contributed by atoms with Gasteiger partial charge in [-0.25, -0.2) is 0 Å². The maximum Gasteiger partial charge on any atom is 0.104 e. The fraction of sp³-hybridized carbons (Fsp3) is 0.889. The lowest BCUT2D eigenvalue weighted by molar-refractivity contribution is 0.139. The van der Waals surface area contributed by atoms with Crippen LogP contribution in [0, 0.1) is 11.3 Å². The van der Waals surface area contributed by atoms with Gasteiger partial charge in [-0.15, -0.1) is 0 Å². The molecule has 70 valence electrons. The second-order valence-corrected chi connectivity index (χ2v) is 2.92. The van der Waals surface area contributed by atoms with Crippen LogP contribution in [-0.2, 0) is 4.74 Å². The maximum atomic E-state index is 8.73. The molecular weight excluding hydrogens is 152 g/mol. The van der Waals surface area contributed by atoms with E-state index >= 15 is 0 Å². The van der Waals surface area contributed by atoms with E-state index in [2.05, 4.69) is 6.07 Å². The molecule has 0 aliphatic heterocycles. The van der Waals surface area contributed by atoms with E-state index in [0.29, 0.717) is 13.0 Å². The minimum atomic E-state index is -0.642. The minimum absolute atomic E-state index is 0.642. The summed E-state index contributed by atoms with van der Waals surface area (Å²) in [4.78, 5) is 0. The van der Waals surface area contributed by atoms with Gasteiger partial charge in [0.1, 0.15) is 5.54 Å². The number of rotatable bonds is 6. The first-order valence-corrected chi connectivity index (χ1v) is 4.46. The quantitative estimate of drug-likeness (QED) is 0.613. The summed E-state index contributed by atoms with van der Waals surface area (Å²) in [7, 11) is 0. The van der Waals surface area contributed by atoms with Crippen molar-refractivity contribution in [1.82, 2.24) is 0 Å². The summed E-state index contributed by atoms with van der Waals surface area (Å²) in [6, 6.07) is 2.13. The first-order valence-electron chi connectivity index (χ1n) is 4.46. The van der Waals surface area contributed by atoms with E-state index in [9.17, 15) is 0 Å². The van der Waals surface area contributed by atoms with Crippen molar-refractivity contribution in [3.05, 3.63) is 0 Å². The molecule has 0 saturated heterocycles. The molecule has 0 radical (unpaired) electrons. The predicted molar refractivity (Wildman–Crippen MR) is 48.5 cm³/mol. The van der Waals surface area contributed by atoms with Crippen LogP contribution in [0.25, 0.3) is 0 Å². The molecule has 0 aromatic rings. The molecule has 0 bridgehead atoms. The van der Waals surface area contributed by atoms with Crippen LogP contribution in [0.1, 0.15) is 33.1 Å². The first-order chi connectivity index (χ1) is 5.68. The van der Waals surface area contributed by atoms with Crippen LogP contribution in [0.5, 0.6) is 0 Å². The van der Waals surface area contributed by atoms with Crippen molar-refractivity contribution in [2.45, 2.75) is 38.6 Å². The molecule has 3 nitrogen and oxygen atoms in total. The molecule has 0 aromatic carbocycles. The van der Waals surface area contributed by atoms with E-state index in [4.69, 9.17) is 15.7 Å². The Morgan fingerprint density at radius 3 is 2.58 bits per heavy atom. The number of ether oxygens (including phenoxy) is 1. The summed E-state index contributed by atoms with van der Waals surface area (Å²) in [6.45, 7) is 5.33. The molecule has 1 unspecified atom stereocenters. The van der Waals surface area contributed by atoms with Gasteiger partial charge in [-0.05, 0) is 26.2 Å². The number of hydrogen-bond acceptors (Lipinski definition) is 3. The lowest BCUT2D eigenvalue weighted by atomic mass is 9.94. The Morgan fingerprint density at radius 2 is 2.17 bits per heavy atom. The van der Waals surface area contributed by atoms with Crippen molar-refractivity contribution in [2.75, 3.05) is 13.2 Å². The van der Waals surface area contributed by atoms with Crippen LogP contribution in [0.2, 0.25) is 0 Å². The molecule has 12 heavy (non-hydrogen) atoms. The SMILES string of the molecule is CCOCCCC(N)(C#N)CC. The Morgan fingerprint density at radius 1 is 1.50 bits per heavy atom. The molecule has 0 heterocycles. The normalized spacial score (nSPS) is 15.2. The van der Waals surface area contributed by atoms with Crippen molar-refractivity contribution < 1.29 is 4.74 Å². The molecular formula is C9H18N2O. The standard InChI is InChI=1S/C9H18N2O/c1-3-9(11,8-10)6-5-7-12-4-2/h3-7,11H2,1-2H3. The van der Waals surface area contributed by atoms with Crippen molar-refractivity contribution in [2.24, 2.45) is 5.73 Å². The van der Waals surface area contributed by atoms with E-state index in [1.54, 1.807) is 0 Å². The first kappa shape index (κ1) is 11.4. The maximum absolute atomic E-state index is 8.73. The summed E-state index contributed by atoms with van der Waals surface area (Å²) >= 11 is 0. The van der Waals surface area contributed by atoms with Crippen LogP contribution < -0.4 is 5.73 Å². The Balaban J connectivity index is 3.54. The third-order valence-electron chi connectivity index (χ3n) is 1.97. The topological polar surface area (TPSA) is 59.0 Å². The van der Waals surface area contributed by atoms with Crippen LogP contribution in [0.15, 0.2) is 0 Å². The van der Waals surface area contributed by atoms with Gasteiger partial charge in [0.05, 0.1) is 6.07 Å². The van der Waals surface area contributed by atoms with Gasteiger partial charge in [0.25, 0.3) is 0 Å². The van der Waals surface area contributed by atoms with Crippen molar-refractivity contribution in [3.8, 4) is 6.07 Å². The highest BCUT2D eigenvalue weighted by atomic mass is 16.5. The van der Waals surface area contributed by atoms with Gasteiger partial charge < -0.3 is 10.5 Å². The molecule has 0 aromatic heterocycles. The molecule has 2 N–H and O–H groups in total. The highest BCUT2D eigenvalue weighted by Gasteiger charge is 2.20. The van der Waals surface area contributed by atoms with E-state index < -0.39 is 5.54 Å². The molecule has 0 saturated carbocycles. The average molecular weight is 170 g/mol. The summed E-state index contributed by atoms with van der Waals surface area (Å²) in [5.41, 5.74) is 5.12. The van der Waals surface area contributed by atoms with E-state index in [1.165, 1.54) is 0 Å². The van der Waals surface area contributed by atoms with Crippen LogP contribution >= 0.6 is 0 Å². The fourth-order valence-corrected chi connectivity index (χ4v) is 0.946. The second kappa shape index (κ2) is 5.99. The van der Waals surface area contributed by atoms with Crippen LogP contribution in [0.4, 0.5) is 0 Å². The van der Waals surface area contributed by atoms with Crippen molar-refractivity contribution in [3.63, 3.8) is 0 Å². The van der Waals surface area contributed by atoms with Crippen molar-refractivity contribution in [1.29, 1.82) is 5.26 Å². The highest BCUT2D eigenvalue weighted by Crippen LogP contribution is 2.12. The molecule has 0 spiro atoms. The largest absolute Gasteiger partial charge is 0.382 e. The molecule has 0 amide bonds. The van der Waals surface area contributed by atoms with Gasteiger partial charge >= 0.3 is 0 Å². The van der Waals surface area contributed by atoms with Crippen molar-refractivity contribution >= 4 is 0 Å². The molecule has 0 rings (SSSR count). The molecule has 1 atom stereocenters. The third-order valence-corrected chi connectivity index (χ3v) is 1.97. The minimum Gasteiger partial charge on any atom is -0.382 e. The lowest BCUT2D eigenvalue weighted by Gasteiger charge is -2.18. The zero-order chi connectivity index (χ0) is 9.45. The molecule has 0 aliphatic rings. The molecule has 0 fully saturated rings. The Hall–Kier alpha value is -0.590. The smallest absolute Gasteiger partial charge is 0.104 e. The second-order valence-electron chi connectivity index (χ2n) is 2.92. The van der Waals surface area contributed by atoms with E-state index in [1.807, 2.05) is 13.8 Å². The zero-order valence-corrected chi connectivity index (χ0v) is 7.97. The molecule has 0 aliphatic carbocycles. The average Bonchev–Trinajstić information content (AvgIpc) is 2.12. The van der Waals surface area contributed by atoms with Gasteiger partial charge in [0.15, 0.2) is 0 Å². The summed E-state index contributed by atoms with van der Waals surface area (Å²) in [6.07, 6.45) is 2.29. The monoisotopic (exact) mass is 170 g/mol. The number of hydrogen-bond donors (Lipinski definition) is 1. The number of nitrogens with zero attached hydrogens (tertiary/aromatic N) is 1. The number of nitrogens with two attached hydrogens (primary N) is 1. The Labute approximate surface area is 74.5 Å². The Kier molecular flexibility index (Phi) is 5.69. The summed E-state index contributed by atoms with van der Waals surface area (Å²) < 4.78 is 5.15. The molecule has 3 heteroatoms. The summed E-state index contributed by atoms with van der Waals surface area (Å²) in [5, 5.41) is 8.73. The van der Waals surface area contributed by atoms with E-state index in [-0.39, 0.29) is 0 Å². The fourth-order valence-electron chi connectivity index (χ4n) is 0.946.